The highest BCUT2D eigenvalue weighted by Gasteiger charge is 2.42. The number of carbonyl (C=O) groups is 2. The van der Waals surface area contributed by atoms with Gasteiger partial charge in [-0.05, 0) is 17.7 Å². The second-order valence-corrected chi connectivity index (χ2v) is 6.34. The normalized spacial score (nSPS) is 20.4. The van der Waals surface area contributed by atoms with E-state index < -0.39 is 5.92 Å². The SMILES string of the molecule is CN1C(=O)C[C@H](C(=O)NCCn2ccnc2)[C@H]1c1cccc(Cl)c1. The van der Waals surface area contributed by atoms with Gasteiger partial charge in [-0.1, -0.05) is 23.7 Å². The zero-order chi connectivity index (χ0) is 17.1. The molecule has 0 spiro atoms. The molecular weight excluding hydrogens is 328 g/mol. The molecule has 1 fully saturated rings. The fourth-order valence-corrected chi connectivity index (χ4v) is 3.31. The number of imidazole rings is 1. The smallest absolute Gasteiger partial charge is 0.226 e. The van der Waals surface area contributed by atoms with Gasteiger partial charge in [-0.3, -0.25) is 9.59 Å². The molecule has 2 atom stereocenters. The van der Waals surface area contributed by atoms with Crippen LogP contribution in [0.1, 0.15) is 18.0 Å². The van der Waals surface area contributed by atoms with E-state index in [1.54, 1.807) is 30.5 Å². The van der Waals surface area contributed by atoms with Gasteiger partial charge in [0.15, 0.2) is 0 Å². The maximum Gasteiger partial charge on any atom is 0.226 e. The summed E-state index contributed by atoms with van der Waals surface area (Å²) in [5.41, 5.74) is 0.880. The number of aromatic nitrogens is 2. The van der Waals surface area contributed by atoms with Gasteiger partial charge in [-0.25, -0.2) is 4.98 Å². The lowest BCUT2D eigenvalue weighted by Gasteiger charge is -2.25. The number of rotatable bonds is 5. The minimum absolute atomic E-state index is 0.0327. The fraction of sp³-hybridized carbons (Fsp3) is 0.353. The Labute approximate surface area is 145 Å². The van der Waals surface area contributed by atoms with Crippen molar-refractivity contribution < 1.29 is 9.59 Å². The van der Waals surface area contributed by atoms with Crippen molar-refractivity contribution in [3.8, 4) is 0 Å². The monoisotopic (exact) mass is 346 g/mol. The molecule has 2 aromatic rings. The van der Waals surface area contributed by atoms with Crippen LogP contribution in [0.15, 0.2) is 43.0 Å². The Hall–Kier alpha value is -2.34. The predicted octanol–water partition coefficient (Wildman–Crippen LogP) is 1.87. The van der Waals surface area contributed by atoms with Gasteiger partial charge in [0.2, 0.25) is 11.8 Å². The van der Waals surface area contributed by atoms with Crippen LogP contribution in [0.2, 0.25) is 5.02 Å². The predicted molar refractivity (Wildman–Crippen MR) is 90.3 cm³/mol. The summed E-state index contributed by atoms with van der Waals surface area (Å²) in [7, 11) is 1.73. The van der Waals surface area contributed by atoms with Crippen molar-refractivity contribution >= 4 is 23.4 Å². The Morgan fingerprint density at radius 1 is 1.46 bits per heavy atom. The van der Waals surface area contributed by atoms with Gasteiger partial charge in [-0.15, -0.1) is 0 Å². The number of carbonyl (C=O) groups excluding carboxylic acids is 2. The first kappa shape index (κ1) is 16.5. The van der Waals surface area contributed by atoms with Crippen molar-refractivity contribution in [1.29, 1.82) is 0 Å². The highest BCUT2D eigenvalue weighted by molar-refractivity contribution is 6.30. The van der Waals surface area contributed by atoms with E-state index in [0.29, 0.717) is 18.1 Å². The third-order valence-corrected chi connectivity index (χ3v) is 4.58. The van der Waals surface area contributed by atoms with E-state index in [1.165, 1.54) is 0 Å². The minimum atomic E-state index is -0.413. The molecule has 6 nitrogen and oxygen atoms in total. The molecule has 126 valence electrons. The van der Waals surface area contributed by atoms with Gasteiger partial charge in [0.1, 0.15) is 0 Å². The average Bonchev–Trinajstić information content (AvgIpc) is 3.16. The summed E-state index contributed by atoms with van der Waals surface area (Å²) in [5, 5.41) is 3.52. The second kappa shape index (κ2) is 7.05. The third kappa shape index (κ3) is 3.43. The van der Waals surface area contributed by atoms with Crippen LogP contribution in [0.3, 0.4) is 0 Å². The molecule has 1 saturated heterocycles. The van der Waals surface area contributed by atoms with Crippen LogP contribution in [0, 0.1) is 5.92 Å². The first-order valence-corrected chi connectivity index (χ1v) is 8.18. The molecule has 7 heteroatoms. The van der Waals surface area contributed by atoms with E-state index in [4.69, 9.17) is 11.6 Å². The summed E-state index contributed by atoms with van der Waals surface area (Å²) < 4.78 is 1.89. The largest absolute Gasteiger partial charge is 0.354 e. The van der Waals surface area contributed by atoms with E-state index in [1.807, 2.05) is 29.0 Å². The van der Waals surface area contributed by atoms with Crippen molar-refractivity contribution in [3.05, 3.63) is 53.6 Å². The quantitative estimate of drug-likeness (QED) is 0.898. The number of amides is 2. The van der Waals surface area contributed by atoms with Gasteiger partial charge in [0.05, 0.1) is 18.3 Å². The number of hydrogen-bond acceptors (Lipinski definition) is 3. The molecule has 1 aromatic heterocycles. The lowest BCUT2D eigenvalue weighted by Crippen LogP contribution is -2.36. The summed E-state index contributed by atoms with van der Waals surface area (Å²) in [5.74, 6) is -0.559. The van der Waals surface area contributed by atoms with E-state index in [0.717, 1.165) is 5.56 Å². The molecule has 24 heavy (non-hydrogen) atoms. The molecule has 0 radical (unpaired) electrons. The lowest BCUT2D eigenvalue weighted by atomic mass is 9.93. The zero-order valence-corrected chi connectivity index (χ0v) is 14.1. The molecular formula is C17H19ClN4O2. The Kier molecular flexibility index (Phi) is 4.85. The van der Waals surface area contributed by atoms with Crippen molar-refractivity contribution in [1.82, 2.24) is 19.8 Å². The van der Waals surface area contributed by atoms with Crippen LogP contribution in [-0.4, -0.2) is 39.9 Å². The molecule has 1 aliphatic heterocycles. The summed E-state index contributed by atoms with van der Waals surface area (Å²) in [6.45, 7) is 1.13. The van der Waals surface area contributed by atoms with Gasteiger partial charge in [0, 0.05) is 44.0 Å². The van der Waals surface area contributed by atoms with Gasteiger partial charge < -0.3 is 14.8 Å². The molecule has 1 aliphatic rings. The van der Waals surface area contributed by atoms with Crippen LogP contribution in [0.25, 0.3) is 0 Å². The highest BCUT2D eigenvalue weighted by Crippen LogP contribution is 2.37. The van der Waals surface area contributed by atoms with Crippen molar-refractivity contribution in [2.45, 2.75) is 19.0 Å². The van der Waals surface area contributed by atoms with E-state index in [9.17, 15) is 9.59 Å². The van der Waals surface area contributed by atoms with E-state index in [-0.39, 0.29) is 24.3 Å². The summed E-state index contributed by atoms with van der Waals surface area (Å²) in [6.07, 6.45) is 5.45. The molecule has 1 N–H and O–H groups in total. The first-order valence-electron chi connectivity index (χ1n) is 7.81. The number of nitrogens with zero attached hydrogens (tertiary/aromatic N) is 3. The maximum atomic E-state index is 12.6. The molecule has 0 aliphatic carbocycles. The number of nitrogens with one attached hydrogen (secondary N) is 1. The molecule has 1 aromatic carbocycles. The average molecular weight is 347 g/mol. The Morgan fingerprint density at radius 2 is 2.29 bits per heavy atom. The van der Waals surface area contributed by atoms with Crippen LogP contribution in [0.4, 0.5) is 0 Å². The third-order valence-electron chi connectivity index (χ3n) is 4.34. The molecule has 0 saturated carbocycles. The van der Waals surface area contributed by atoms with Gasteiger partial charge >= 0.3 is 0 Å². The topological polar surface area (TPSA) is 67.2 Å². The maximum absolute atomic E-state index is 12.6. The van der Waals surface area contributed by atoms with Crippen molar-refractivity contribution in [2.24, 2.45) is 5.92 Å². The Morgan fingerprint density at radius 3 is 3.00 bits per heavy atom. The molecule has 0 unspecified atom stereocenters. The Balaban J connectivity index is 1.70. The van der Waals surface area contributed by atoms with Crippen LogP contribution in [-0.2, 0) is 16.1 Å². The highest BCUT2D eigenvalue weighted by atomic mass is 35.5. The van der Waals surface area contributed by atoms with Crippen LogP contribution in [0.5, 0.6) is 0 Å². The van der Waals surface area contributed by atoms with Crippen LogP contribution < -0.4 is 5.32 Å². The summed E-state index contributed by atoms with van der Waals surface area (Å²) in [4.78, 5) is 30.3. The first-order chi connectivity index (χ1) is 11.6. The van der Waals surface area contributed by atoms with Gasteiger partial charge in [-0.2, -0.15) is 0 Å². The molecule has 3 rings (SSSR count). The standard InChI is InChI=1S/C17H19ClN4O2/c1-21-15(23)10-14(16(21)12-3-2-4-13(18)9-12)17(24)20-6-8-22-7-5-19-11-22/h2-5,7,9,11,14,16H,6,8,10H2,1H3,(H,20,24)/t14-,16+/m0/s1. The number of halogens is 1. The number of hydrogen-bond donors (Lipinski definition) is 1. The summed E-state index contributed by atoms with van der Waals surface area (Å²) >= 11 is 6.06. The summed E-state index contributed by atoms with van der Waals surface area (Å²) in [6, 6.07) is 7.04. The Bertz CT molecular complexity index is 732. The fourth-order valence-electron chi connectivity index (χ4n) is 3.11. The molecule has 2 heterocycles. The van der Waals surface area contributed by atoms with Gasteiger partial charge in [0.25, 0.3) is 0 Å². The molecule has 2 amide bonds. The minimum Gasteiger partial charge on any atom is -0.354 e. The van der Waals surface area contributed by atoms with E-state index in [2.05, 4.69) is 10.3 Å². The lowest BCUT2D eigenvalue weighted by molar-refractivity contribution is -0.128. The zero-order valence-electron chi connectivity index (χ0n) is 13.4. The number of benzene rings is 1. The molecule has 0 bridgehead atoms. The van der Waals surface area contributed by atoms with Crippen LogP contribution >= 0.6 is 11.6 Å². The second-order valence-electron chi connectivity index (χ2n) is 5.91. The number of likely N-dealkylation sites (tertiary alicyclic amines) is 1. The van der Waals surface area contributed by atoms with Crippen molar-refractivity contribution in [3.63, 3.8) is 0 Å². The van der Waals surface area contributed by atoms with E-state index >= 15 is 0 Å². The van der Waals surface area contributed by atoms with Crippen molar-refractivity contribution in [2.75, 3.05) is 13.6 Å².